The van der Waals surface area contributed by atoms with Gasteiger partial charge in [-0.2, -0.15) is 0 Å². The Morgan fingerprint density at radius 3 is 2.66 bits per heavy atom. The van der Waals surface area contributed by atoms with Crippen molar-refractivity contribution in [2.75, 3.05) is 20.2 Å². The third-order valence-corrected chi connectivity index (χ3v) is 6.30. The number of methoxy groups -OCH3 is 1. The highest BCUT2D eigenvalue weighted by Gasteiger charge is 2.52. The van der Waals surface area contributed by atoms with Crippen LogP contribution in [0.25, 0.3) is 0 Å². The van der Waals surface area contributed by atoms with E-state index in [0.29, 0.717) is 32.0 Å². The Morgan fingerprint density at radius 2 is 2.03 bits per heavy atom. The van der Waals surface area contributed by atoms with Crippen LogP contribution in [-0.4, -0.2) is 52.7 Å². The molecule has 1 saturated carbocycles. The first-order valence-corrected chi connectivity index (χ1v) is 10.2. The van der Waals surface area contributed by atoms with Gasteiger partial charge < -0.3 is 24.6 Å². The van der Waals surface area contributed by atoms with Crippen molar-refractivity contribution in [1.29, 1.82) is 0 Å². The van der Waals surface area contributed by atoms with Gasteiger partial charge in [0.1, 0.15) is 17.2 Å². The number of aromatic nitrogens is 1. The monoisotopic (exact) mass is 447 g/mol. The standard InChI is InChI=1S/C22H23F2N3O5/c1-3-26-11-22(7-14(8-22)32-2)27-10-15(18(28)19(29)17(27)21(26)31)20(30)25-9-12-4-5-13(23)6-16(12)24/h4-6,10,14,29H,3,7-9,11H2,1-2H3,(H,25,30)/t14-,22+. The molecule has 2 aliphatic rings. The number of carbonyl (C=O) groups is 2. The summed E-state index contributed by atoms with van der Waals surface area (Å²) in [6.45, 7) is 2.28. The summed E-state index contributed by atoms with van der Waals surface area (Å²) in [6.07, 6.45) is 2.33. The van der Waals surface area contributed by atoms with Gasteiger partial charge >= 0.3 is 0 Å². The molecule has 2 N–H and O–H groups in total. The molecule has 0 radical (unpaired) electrons. The van der Waals surface area contributed by atoms with E-state index in [1.54, 1.807) is 18.9 Å². The van der Waals surface area contributed by atoms with Gasteiger partial charge in [-0.3, -0.25) is 14.4 Å². The summed E-state index contributed by atoms with van der Waals surface area (Å²) in [4.78, 5) is 39.9. The van der Waals surface area contributed by atoms with Crippen molar-refractivity contribution in [3.63, 3.8) is 0 Å². The fourth-order valence-corrected chi connectivity index (χ4v) is 4.47. The number of aromatic hydroxyl groups is 1. The molecule has 0 saturated heterocycles. The zero-order valence-corrected chi connectivity index (χ0v) is 17.7. The molecule has 2 amide bonds. The highest BCUT2D eigenvalue weighted by molar-refractivity contribution is 5.99. The molecule has 4 rings (SSSR count). The van der Waals surface area contributed by atoms with Crippen LogP contribution >= 0.6 is 0 Å². The van der Waals surface area contributed by atoms with Crippen molar-refractivity contribution >= 4 is 11.8 Å². The van der Waals surface area contributed by atoms with Crippen LogP contribution in [0.4, 0.5) is 8.78 Å². The normalized spacial score (nSPS) is 21.9. The molecule has 2 heterocycles. The van der Waals surface area contributed by atoms with Gasteiger partial charge in [0.25, 0.3) is 11.8 Å². The predicted molar refractivity (Wildman–Crippen MR) is 109 cm³/mol. The molecule has 8 nitrogen and oxygen atoms in total. The van der Waals surface area contributed by atoms with Crippen molar-refractivity contribution in [2.45, 2.75) is 38.0 Å². The largest absolute Gasteiger partial charge is 0.503 e. The van der Waals surface area contributed by atoms with Crippen LogP contribution in [0.1, 0.15) is 46.2 Å². The van der Waals surface area contributed by atoms with Crippen molar-refractivity contribution in [3.8, 4) is 5.75 Å². The second-order valence-electron chi connectivity index (χ2n) is 8.17. The number of likely N-dealkylation sites (N-methyl/N-ethyl adjacent to an activating group) is 1. The number of hydrogen-bond acceptors (Lipinski definition) is 5. The number of halogens is 2. The summed E-state index contributed by atoms with van der Waals surface area (Å²) in [5.41, 5.74) is -2.08. The van der Waals surface area contributed by atoms with Crippen molar-refractivity contribution < 1.29 is 28.2 Å². The van der Waals surface area contributed by atoms with E-state index in [9.17, 15) is 28.3 Å². The first-order chi connectivity index (χ1) is 15.2. The van der Waals surface area contributed by atoms with Crippen molar-refractivity contribution in [1.82, 2.24) is 14.8 Å². The van der Waals surface area contributed by atoms with Crippen LogP contribution in [0.2, 0.25) is 0 Å². The lowest BCUT2D eigenvalue weighted by Gasteiger charge is -2.53. The summed E-state index contributed by atoms with van der Waals surface area (Å²) in [6, 6.07) is 2.94. The number of ether oxygens (including phenoxy) is 1. The number of nitrogens with one attached hydrogen (secondary N) is 1. The van der Waals surface area contributed by atoms with E-state index in [4.69, 9.17) is 4.74 Å². The number of pyridine rings is 1. The second kappa shape index (κ2) is 8.01. The van der Waals surface area contributed by atoms with E-state index in [1.165, 1.54) is 16.8 Å². The summed E-state index contributed by atoms with van der Waals surface area (Å²) in [5, 5.41) is 13.0. The van der Waals surface area contributed by atoms with Crippen molar-refractivity contribution in [2.24, 2.45) is 0 Å². The Morgan fingerprint density at radius 1 is 1.31 bits per heavy atom. The average molecular weight is 447 g/mol. The molecule has 10 heteroatoms. The van der Waals surface area contributed by atoms with Gasteiger partial charge in [0.15, 0.2) is 11.4 Å². The lowest BCUT2D eigenvalue weighted by atomic mass is 9.72. The fraction of sp³-hybridized carbons (Fsp3) is 0.409. The molecule has 1 fully saturated rings. The minimum absolute atomic E-state index is 0.0363. The Bertz CT molecular complexity index is 1160. The van der Waals surface area contributed by atoms with E-state index >= 15 is 0 Å². The summed E-state index contributed by atoms with van der Waals surface area (Å²) < 4.78 is 33.8. The molecular formula is C22H23F2N3O5. The third-order valence-electron chi connectivity index (χ3n) is 6.30. The Hall–Kier alpha value is -3.27. The molecule has 1 spiro atoms. The van der Waals surface area contributed by atoms with Crippen LogP contribution in [0.15, 0.2) is 29.2 Å². The van der Waals surface area contributed by atoms with Gasteiger partial charge in [0.05, 0.1) is 11.6 Å². The number of fused-ring (bicyclic) bond motifs is 2. The van der Waals surface area contributed by atoms with Gasteiger partial charge in [-0.1, -0.05) is 6.07 Å². The lowest BCUT2D eigenvalue weighted by Crippen LogP contribution is -2.62. The number of rotatable bonds is 5. The van der Waals surface area contributed by atoms with E-state index in [-0.39, 0.29) is 29.5 Å². The SMILES string of the molecule is CCN1C[C@]2(C[C@H](OC)C2)n2cc(C(=O)NCc3ccc(F)cc3F)c(=O)c(O)c2C1=O. The smallest absolute Gasteiger partial charge is 0.274 e. The molecule has 1 aliphatic carbocycles. The van der Waals surface area contributed by atoms with Gasteiger partial charge in [0.2, 0.25) is 5.43 Å². The second-order valence-corrected chi connectivity index (χ2v) is 8.17. The van der Waals surface area contributed by atoms with Crippen LogP contribution in [-0.2, 0) is 16.8 Å². The predicted octanol–water partition coefficient (Wildman–Crippen LogP) is 1.74. The minimum Gasteiger partial charge on any atom is -0.503 e. The fourth-order valence-electron chi connectivity index (χ4n) is 4.47. The van der Waals surface area contributed by atoms with Gasteiger partial charge in [-0.25, -0.2) is 8.78 Å². The molecule has 0 atom stereocenters. The topological polar surface area (TPSA) is 101 Å². The molecule has 1 aromatic heterocycles. The molecular weight excluding hydrogens is 424 g/mol. The minimum atomic E-state index is -0.989. The Kier molecular flexibility index (Phi) is 5.49. The molecule has 170 valence electrons. The number of nitrogens with zero attached hydrogens (tertiary/aromatic N) is 2. The molecule has 0 bridgehead atoms. The summed E-state index contributed by atoms with van der Waals surface area (Å²) in [5.74, 6) is -3.71. The van der Waals surface area contributed by atoms with Gasteiger partial charge in [-0.05, 0) is 25.8 Å². The van der Waals surface area contributed by atoms with Crippen LogP contribution in [0, 0.1) is 11.6 Å². The average Bonchev–Trinajstić information content (AvgIpc) is 2.74. The van der Waals surface area contributed by atoms with E-state index in [2.05, 4.69) is 5.32 Å². The molecule has 1 aliphatic heterocycles. The third kappa shape index (κ3) is 3.44. The Labute approximate surface area is 182 Å². The lowest BCUT2D eigenvalue weighted by molar-refractivity contribution is -0.0693. The summed E-state index contributed by atoms with van der Waals surface area (Å²) >= 11 is 0. The van der Waals surface area contributed by atoms with E-state index in [1.807, 2.05) is 0 Å². The Balaban J connectivity index is 1.70. The number of benzene rings is 1. The first kappa shape index (κ1) is 21.9. The van der Waals surface area contributed by atoms with Crippen LogP contribution in [0.3, 0.4) is 0 Å². The van der Waals surface area contributed by atoms with Crippen LogP contribution in [0.5, 0.6) is 5.75 Å². The first-order valence-electron chi connectivity index (χ1n) is 10.2. The summed E-state index contributed by atoms with van der Waals surface area (Å²) in [7, 11) is 1.58. The quantitative estimate of drug-likeness (QED) is 0.727. The van der Waals surface area contributed by atoms with Crippen molar-refractivity contribution in [3.05, 3.63) is 63.1 Å². The molecule has 2 aromatic rings. The van der Waals surface area contributed by atoms with E-state index in [0.717, 1.165) is 6.07 Å². The molecule has 32 heavy (non-hydrogen) atoms. The highest BCUT2D eigenvalue weighted by Crippen LogP contribution is 2.45. The zero-order chi connectivity index (χ0) is 23.2. The van der Waals surface area contributed by atoms with Gasteiger partial charge in [-0.15, -0.1) is 0 Å². The molecule has 0 unspecified atom stereocenters. The number of carbonyl (C=O) groups excluding carboxylic acids is 2. The van der Waals surface area contributed by atoms with E-state index < -0.39 is 40.2 Å². The highest BCUT2D eigenvalue weighted by atomic mass is 19.1. The van der Waals surface area contributed by atoms with Crippen LogP contribution < -0.4 is 10.7 Å². The number of hydrogen-bond donors (Lipinski definition) is 2. The molecule has 1 aromatic carbocycles. The maximum Gasteiger partial charge on any atom is 0.274 e. The maximum absolute atomic E-state index is 13.9. The number of amides is 2. The maximum atomic E-state index is 13.9. The van der Waals surface area contributed by atoms with Gasteiger partial charge in [0, 0.05) is 44.6 Å². The zero-order valence-electron chi connectivity index (χ0n) is 17.7.